The van der Waals surface area contributed by atoms with Gasteiger partial charge in [0, 0.05) is 18.1 Å². The van der Waals surface area contributed by atoms with E-state index in [1.165, 1.54) is 11.3 Å². The molecular formula is C15H14N6OS. The number of amides is 1. The van der Waals surface area contributed by atoms with Crippen LogP contribution in [0.4, 0.5) is 16.6 Å². The molecule has 3 aromatic rings. The van der Waals surface area contributed by atoms with Gasteiger partial charge in [-0.2, -0.15) is 0 Å². The maximum Gasteiger partial charge on any atom is 0.279 e. The van der Waals surface area contributed by atoms with Crippen LogP contribution < -0.4 is 10.6 Å². The number of anilines is 3. The van der Waals surface area contributed by atoms with Crippen LogP contribution >= 0.6 is 11.3 Å². The Balaban J connectivity index is 1.83. The molecule has 0 atom stereocenters. The molecule has 0 aliphatic carbocycles. The number of carbonyl (C=O) groups excluding carboxylic acids is 1. The van der Waals surface area contributed by atoms with E-state index >= 15 is 0 Å². The minimum atomic E-state index is -0.355. The number of thiazole rings is 1. The fourth-order valence-corrected chi connectivity index (χ4v) is 2.74. The molecule has 0 aliphatic heterocycles. The van der Waals surface area contributed by atoms with Gasteiger partial charge >= 0.3 is 0 Å². The van der Waals surface area contributed by atoms with E-state index in [1.807, 2.05) is 26.0 Å². The molecule has 116 valence electrons. The van der Waals surface area contributed by atoms with E-state index in [1.54, 1.807) is 24.7 Å². The Hall–Kier alpha value is -2.87. The van der Waals surface area contributed by atoms with E-state index in [4.69, 9.17) is 0 Å². The number of aryl methyl sites for hydroxylation is 2. The van der Waals surface area contributed by atoms with Crippen molar-refractivity contribution in [3.05, 3.63) is 53.2 Å². The van der Waals surface area contributed by atoms with Crippen LogP contribution in [0.15, 0.2) is 36.8 Å². The summed E-state index contributed by atoms with van der Waals surface area (Å²) in [7, 11) is 0. The Morgan fingerprint density at radius 3 is 2.78 bits per heavy atom. The summed E-state index contributed by atoms with van der Waals surface area (Å²) < 4.78 is 0. The molecule has 0 aromatic carbocycles. The molecule has 0 fully saturated rings. The Labute approximate surface area is 136 Å². The first kappa shape index (κ1) is 15.0. The summed E-state index contributed by atoms with van der Waals surface area (Å²) >= 11 is 1.40. The van der Waals surface area contributed by atoms with Gasteiger partial charge in [0.25, 0.3) is 5.91 Å². The van der Waals surface area contributed by atoms with Gasteiger partial charge in [0.05, 0.1) is 16.9 Å². The number of hydrogen-bond acceptors (Lipinski definition) is 7. The first-order valence-electron chi connectivity index (χ1n) is 6.87. The lowest BCUT2D eigenvalue weighted by molar-refractivity contribution is 0.102. The van der Waals surface area contributed by atoms with Crippen LogP contribution in [0.25, 0.3) is 0 Å². The van der Waals surface area contributed by atoms with Crippen molar-refractivity contribution in [2.24, 2.45) is 0 Å². The highest BCUT2D eigenvalue weighted by Crippen LogP contribution is 2.27. The highest BCUT2D eigenvalue weighted by molar-refractivity contribution is 7.16. The van der Waals surface area contributed by atoms with Crippen LogP contribution in [-0.4, -0.2) is 25.8 Å². The molecule has 3 rings (SSSR count). The van der Waals surface area contributed by atoms with Crippen LogP contribution in [0.5, 0.6) is 0 Å². The highest BCUT2D eigenvalue weighted by atomic mass is 32.1. The van der Waals surface area contributed by atoms with Crippen LogP contribution in [0.2, 0.25) is 0 Å². The second-order valence-corrected chi connectivity index (χ2v) is 5.96. The fraction of sp³-hybridized carbons (Fsp3) is 0.133. The summed E-state index contributed by atoms with van der Waals surface area (Å²) in [5.74, 6) is -0.0979. The molecule has 0 radical (unpaired) electrons. The smallest absolute Gasteiger partial charge is 0.279 e. The minimum absolute atomic E-state index is 0.257. The van der Waals surface area contributed by atoms with Crippen molar-refractivity contribution in [2.75, 3.05) is 10.6 Å². The van der Waals surface area contributed by atoms with Crippen molar-refractivity contribution in [3.8, 4) is 0 Å². The number of hydrogen-bond donors (Lipinski definition) is 2. The van der Waals surface area contributed by atoms with Crippen LogP contribution in [0.1, 0.15) is 21.2 Å². The normalized spacial score (nSPS) is 10.3. The summed E-state index contributed by atoms with van der Waals surface area (Å²) in [4.78, 5) is 29.0. The summed E-state index contributed by atoms with van der Waals surface area (Å²) in [6.45, 7) is 3.68. The molecule has 0 spiro atoms. The van der Waals surface area contributed by atoms with Crippen molar-refractivity contribution >= 4 is 33.9 Å². The van der Waals surface area contributed by atoms with Crippen molar-refractivity contribution in [3.63, 3.8) is 0 Å². The molecule has 23 heavy (non-hydrogen) atoms. The van der Waals surface area contributed by atoms with Crippen molar-refractivity contribution in [1.29, 1.82) is 0 Å². The van der Waals surface area contributed by atoms with Crippen LogP contribution in [-0.2, 0) is 0 Å². The molecule has 0 aliphatic rings. The van der Waals surface area contributed by atoms with E-state index in [0.29, 0.717) is 10.7 Å². The molecule has 3 heterocycles. The summed E-state index contributed by atoms with van der Waals surface area (Å²) in [5.41, 5.74) is 1.87. The van der Waals surface area contributed by atoms with Gasteiger partial charge in [0.2, 0.25) is 5.95 Å². The standard InChI is InChI=1S/C15H14N6OS/c1-9-5-7-17-15(18-9)21-13(22)12-14(23-10(2)19-12)20-11-4-3-6-16-8-11/h3-8,20H,1-2H3,(H,17,18,21,22). The van der Waals surface area contributed by atoms with Gasteiger partial charge < -0.3 is 5.32 Å². The third-order valence-corrected chi connectivity index (χ3v) is 3.77. The Morgan fingerprint density at radius 2 is 2.04 bits per heavy atom. The number of nitrogens with zero attached hydrogens (tertiary/aromatic N) is 4. The number of carbonyl (C=O) groups is 1. The lowest BCUT2D eigenvalue weighted by Crippen LogP contribution is -2.16. The summed E-state index contributed by atoms with van der Waals surface area (Å²) in [6, 6.07) is 5.45. The topological polar surface area (TPSA) is 92.7 Å². The zero-order chi connectivity index (χ0) is 16.2. The number of aromatic nitrogens is 4. The second kappa shape index (κ2) is 6.49. The lowest BCUT2D eigenvalue weighted by atomic mass is 10.4. The fourth-order valence-electron chi connectivity index (χ4n) is 1.90. The summed E-state index contributed by atoms with van der Waals surface area (Å²) in [5, 5.41) is 7.27. The van der Waals surface area contributed by atoms with E-state index < -0.39 is 0 Å². The van der Waals surface area contributed by atoms with Gasteiger partial charge in [-0.25, -0.2) is 15.0 Å². The largest absolute Gasteiger partial charge is 0.344 e. The predicted molar refractivity (Wildman–Crippen MR) is 89.1 cm³/mol. The number of nitrogens with one attached hydrogen (secondary N) is 2. The first-order valence-corrected chi connectivity index (χ1v) is 7.69. The molecule has 0 saturated carbocycles. The average molecular weight is 326 g/mol. The van der Waals surface area contributed by atoms with Crippen molar-refractivity contribution < 1.29 is 4.79 Å². The monoisotopic (exact) mass is 326 g/mol. The predicted octanol–water partition coefficient (Wildman–Crippen LogP) is 2.94. The molecule has 0 bridgehead atoms. The average Bonchev–Trinajstić information content (AvgIpc) is 2.89. The Morgan fingerprint density at radius 1 is 1.17 bits per heavy atom. The molecule has 8 heteroatoms. The van der Waals surface area contributed by atoms with Gasteiger partial charge in [-0.1, -0.05) is 0 Å². The number of rotatable bonds is 4. The lowest BCUT2D eigenvalue weighted by Gasteiger charge is -2.06. The van der Waals surface area contributed by atoms with Crippen LogP contribution in [0.3, 0.4) is 0 Å². The van der Waals surface area contributed by atoms with Crippen molar-refractivity contribution in [1.82, 2.24) is 19.9 Å². The zero-order valence-corrected chi connectivity index (χ0v) is 13.4. The van der Waals surface area contributed by atoms with Crippen molar-refractivity contribution in [2.45, 2.75) is 13.8 Å². The molecule has 1 amide bonds. The van der Waals surface area contributed by atoms with E-state index in [-0.39, 0.29) is 11.9 Å². The zero-order valence-electron chi connectivity index (χ0n) is 12.6. The molecule has 2 N–H and O–H groups in total. The highest BCUT2D eigenvalue weighted by Gasteiger charge is 2.18. The number of pyridine rings is 1. The molecule has 0 unspecified atom stereocenters. The Bertz CT molecular complexity index is 833. The van der Waals surface area contributed by atoms with E-state index in [2.05, 4.69) is 30.6 Å². The molecule has 0 saturated heterocycles. The van der Waals surface area contributed by atoms with Gasteiger partial charge in [-0.3, -0.25) is 15.1 Å². The quantitative estimate of drug-likeness (QED) is 0.766. The maximum absolute atomic E-state index is 12.4. The van der Waals surface area contributed by atoms with Gasteiger partial charge in [0.1, 0.15) is 5.00 Å². The Kier molecular flexibility index (Phi) is 4.24. The molecular weight excluding hydrogens is 312 g/mol. The van der Waals surface area contributed by atoms with E-state index in [0.717, 1.165) is 16.4 Å². The van der Waals surface area contributed by atoms with Crippen LogP contribution in [0, 0.1) is 13.8 Å². The third kappa shape index (κ3) is 3.67. The van der Waals surface area contributed by atoms with Gasteiger partial charge in [-0.05, 0) is 32.0 Å². The minimum Gasteiger partial charge on any atom is -0.344 e. The third-order valence-electron chi connectivity index (χ3n) is 2.89. The maximum atomic E-state index is 12.4. The second-order valence-electron chi connectivity index (χ2n) is 4.75. The van der Waals surface area contributed by atoms with Gasteiger partial charge in [0.15, 0.2) is 5.69 Å². The van der Waals surface area contributed by atoms with E-state index in [9.17, 15) is 4.79 Å². The SMILES string of the molecule is Cc1ccnc(NC(=O)c2nc(C)sc2Nc2cccnc2)n1. The first-order chi connectivity index (χ1) is 11.1. The summed E-state index contributed by atoms with van der Waals surface area (Å²) in [6.07, 6.45) is 4.96. The van der Waals surface area contributed by atoms with Gasteiger partial charge in [-0.15, -0.1) is 11.3 Å². The molecule has 7 nitrogen and oxygen atoms in total. The molecule has 3 aromatic heterocycles.